The fourth-order valence-corrected chi connectivity index (χ4v) is 3.78. The molecule has 2 N–H and O–H groups in total. The number of aryl methyl sites for hydroxylation is 1. The molecule has 0 saturated carbocycles. The van der Waals surface area contributed by atoms with Gasteiger partial charge < -0.3 is 15.5 Å². The molecule has 8 nitrogen and oxygen atoms in total. The summed E-state index contributed by atoms with van der Waals surface area (Å²) in [5.41, 5.74) is 4.42. The van der Waals surface area contributed by atoms with Crippen molar-refractivity contribution in [3.63, 3.8) is 0 Å². The van der Waals surface area contributed by atoms with Gasteiger partial charge in [-0.2, -0.15) is 0 Å². The second-order valence-corrected chi connectivity index (χ2v) is 7.96. The van der Waals surface area contributed by atoms with Crippen molar-refractivity contribution in [2.45, 2.75) is 39.3 Å². The van der Waals surface area contributed by atoms with Gasteiger partial charge in [-0.1, -0.05) is 35.0 Å². The van der Waals surface area contributed by atoms with E-state index in [0.717, 1.165) is 37.0 Å². The highest BCUT2D eigenvalue weighted by molar-refractivity contribution is 5.97. The van der Waals surface area contributed by atoms with E-state index in [1.807, 2.05) is 48.2 Å². The van der Waals surface area contributed by atoms with Crippen molar-refractivity contribution >= 4 is 23.0 Å². The zero-order valence-corrected chi connectivity index (χ0v) is 17.8. The molecule has 0 bridgehead atoms. The summed E-state index contributed by atoms with van der Waals surface area (Å²) in [5.74, 6) is 0.0584. The van der Waals surface area contributed by atoms with Crippen molar-refractivity contribution in [3.8, 4) is 0 Å². The smallest absolute Gasteiger partial charge is 0.315 e. The predicted molar refractivity (Wildman–Crippen MR) is 119 cm³/mol. The summed E-state index contributed by atoms with van der Waals surface area (Å²) in [7, 11) is 0. The number of carbonyl (C=O) groups excluding carboxylic acids is 2. The van der Waals surface area contributed by atoms with Crippen molar-refractivity contribution in [2.24, 2.45) is 0 Å². The summed E-state index contributed by atoms with van der Waals surface area (Å²) in [5, 5.41) is 14.1. The van der Waals surface area contributed by atoms with Crippen LogP contribution in [-0.2, 0) is 13.1 Å². The van der Waals surface area contributed by atoms with Crippen LogP contribution in [0.4, 0.5) is 4.79 Å². The Balaban J connectivity index is 1.29. The molecule has 8 heteroatoms. The normalized spacial score (nSPS) is 13.9. The van der Waals surface area contributed by atoms with Crippen molar-refractivity contribution < 1.29 is 9.59 Å². The van der Waals surface area contributed by atoms with Gasteiger partial charge in [0.1, 0.15) is 5.52 Å². The molecule has 4 rings (SSSR count). The van der Waals surface area contributed by atoms with E-state index >= 15 is 0 Å². The van der Waals surface area contributed by atoms with Gasteiger partial charge in [-0.15, -0.1) is 5.10 Å². The number of rotatable bonds is 6. The summed E-state index contributed by atoms with van der Waals surface area (Å²) in [6, 6.07) is 13.3. The molecule has 162 valence electrons. The SMILES string of the molecule is Cc1ccc(CNC(=O)NCCn2nnc3cc(C(=O)N4CCCCC4)ccc32)cc1. The molecule has 1 aromatic heterocycles. The Morgan fingerprint density at radius 2 is 1.77 bits per heavy atom. The van der Waals surface area contributed by atoms with E-state index in [4.69, 9.17) is 0 Å². The van der Waals surface area contributed by atoms with Crippen LogP contribution in [0, 0.1) is 6.92 Å². The Morgan fingerprint density at radius 1 is 1.00 bits per heavy atom. The number of amides is 3. The Bertz CT molecular complexity index is 1050. The average Bonchev–Trinajstić information content (AvgIpc) is 3.21. The number of urea groups is 1. The first-order valence-corrected chi connectivity index (χ1v) is 10.8. The van der Waals surface area contributed by atoms with Crippen LogP contribution < -0.4 is 10.6 Å². The van der Waals surface area contributed by atoms with Gasteiger partial charge in [-0.3, -0.25) is 4.79 Å². The number of carbonyl (C=O) groups is 2. The third-order valence-electron chi connectivity index (χ3n) is 5.59. The van der Waals surface area contributed by atoms with Crippen LogP contribution in [0.15, 0.2) is 42.5 Å². The highest BCUT2D eigenvalue weighted by atomic mass is 16.2. The van der Waals surface area contributed by atoms with Gasteiger partial charge in [0.25, 0.3) is 5.91 Å². The predicted octanol–water partition coefficient (Wildman–Crippen LogP) is 2.87. The standard InChI is InChI=1S/C23H28N6O2/c1-17-5-7-18(8-6-17)16-25-23(31)24-11-14-29-21-10-9-19(15-20(21)26-27-29)22(30)28-12-3-2-4-13-28/h5-10,15H,2-4,11-14,16H2,1H3,(H2,24,25,31). The third-order valence-corrected chi connectivity index (χ3v) is 5.59. The van der Waals surface area contributed by atoms with Crippen molar-refractivity contribution in [3.05, 3.63) is 59.2 Å². The summed E-state index contributed by atoms with van der Waals surface area (Å²) in [6.07, 6.45) is 3.32. The molecule has 0 atom stereocenters. The van der Waals surface area contributed by atoms with Crippen LogP contribution in [0.5, 0.6) is 0 Å². The first-order chi connectivity index (χ1) is 15.1. The Kier molecular flexibility index (Phi) is 6.45. The van der Waals surface area contributed by atoms with Gasteiger partial charge in [0, 0.05) is 31.7 Å². The molecule has 31 heavy (non-hydrogen) atoms. The number of nitrogens with zero attached hydrogens (tertiary/aromatic N) is 4. The molecule has 1 fully saturated rings. The quantitative estimate of drug-likeness (QED) is 0.641. The number of hydrogen-bond donors (Lipinski definition) is 2. The minimum absolute atomic E-state index is 0.0584. The maximum atomic E-state index is 12.7. The van der Waals surface area contributed by atoms with Crippen LogP contribution >= 0.6 is 0 Å². The number of likely N-dealkylation sites (tertiary alicyclic amines) is 1. The molecule has 1 aliphatic heterocycles. The summed E-state index contributed by atoms with van der Waals surface area (Å²) in [6.45, 7) is 5.07. The van der Waals surface area contributed by atoms with E-state index in [-0.39, 0.29) is 11.9 Å². The number of nitrogens with one attached hydrogen (secondary N) is 2. The maximum Gasteiger partial charge on any atom is 0.315 e. The number of benzene rings is 2. The van der Waals surface area contributed by atoms with E-state index < -0.39 is 0 Å². The first kappa shape index (κ1) is 20.8. The van der Waals surface area contributed by atoms with Crippen LogP contribution in [0.1, 0.15) is 40.7 Å². The van der Waals surface area contributed by atoms with Gasteiger partial charge in [0.2, 0.25) is 0 Å². The molecule has 3 aromatic rings. The van der Waals surface area contributed by atoms with Crippen molar-refractivity contribution in [1.82, 2.24) is 30.5 Å². The third kappa shape index (κ3) is 5.20. The lowest BCUT2D eigenvalue weighted by atomic mass is 10.1. The van der Waals surface area contributed by atoms with E-state index in [2.05, 4.69) is 20.9 Å². The molecule has 1 aliphatic rings. The van der Waals surface area contributed by atoms with Gasteiger partial charge in [0.05, 0.1) is 12.1 Å². The fraction of sp³-hybridized carbons (Fsp3) is 0.391. The van der Waals surface area contributed by atoms with Crippen molar-refractivity contribution in [2.75, 3.05) is 19.6 Å². The molecule has 3 amide bonds. The van der Waals surface area contributed by atoms with Gasteiger partial charge in [-0.05, 0) is 49.9 Å². The van der Waals surface area contributed by atoms with Crippen LogP contribution in [-0.4, -0.2) is 51.5 Å². The van der Waals surface area contributed by atoms with Crippen molar-refractivity contribution in [1.29, 1.82) is 0 Å². The lowest BCUT2D eigenvalue weighted by Crippen LogP contribution is -2.36. The largest absolute Gasteiger partial charge is 0.339 e. The van der Waals surface area contributed by atoms with E-state index in [1.165, 1.54) is 12.0 Å². The molecule has 1 saturated heterocycles. The molecule has 0 aliphatic carbocycles. The Hall–Kier alpha value is -3.42. The lowest BCUT2D eigenvalue weighted by molar-refractivity contribution is 0.0724. The summed E-state index contributed by atoms with van der Waals surface area (Å²) in [4.78, 5) is 26.6. The molecular weight excluding hydrogens is 392 g/mol. The van der Waals surface area contributed by atoms with Crippen LogP contribution in [0.25, 0.3) is 11.0 Å². The minimum Gasteiger partial charge on any atom is -0.339 e. The minimum atomic E-state index is -0.223. The lowest BCUT2D eigenvalue weighted by Gasteiger charge is -2.26. The summed E-state index contributed by atoms with van der Waals surface area (Å²) < 4.78 is 1.74. The molecule has 2 heterocycles. The second kappa shape index (κ2) is 9.59. The number of aromatic nitrogens is 3. The van der Waals surface area contributed by atoms with Crippen LogP contribution in [0.3, 0.4) is 0 Å². The Labute approximate surface area is 181 Å². The molecule has 0 radical (unpaired) electrons. The maximum absolute atomic E-state index is 12.7. The highest BCUT2D eigenvalue weighted by Gasteiger charge is 2.19. The molecule has 0 spiro atoms. The topological polar surface area (TPSA) is 92.1 Å². The average molecular weight is 421 g/mol. The van der Waals surface area contributed by atoms with E-state index in [1.54, 1.807) is 10.7 Å². The first-order valence-electron chi connectivity index (χ1n) is 10.8. The number of hydrogen-bond acceptors (Lipinski definition) is 4. The Morgan fingerprint density at radius 3 is 2.55 bits per heavy atom. The van der Waals surface area contributed by atoms with Gasteiger partial charge >= 0.3 is 6.03 Å². The zero-order valence-electron chi connectivity index (χ0n) is 17.8. The monoisotopic (exact) mass is 420 g/mol. The van der Waals surface area contributed by atoms with Crippen LogP contribution in [0.2, 0.25) is 0 Å². The number of fused-ring (bicyclic) bond motifs is 1. The molecular formula is C23H28N6O2. The summed E-state index contributed by atoms with van der Waals surface area (Å²) >= 11 is 0. The van der Waals surface area contributed by atoms with E-state index in [0.29, 0.717) is 30.7 Å². The van der Waals surface area contributed by atoms with Gasteiger partial charge in [-0.25, -0.2) is 9.48 Å². The number of piperidine rings is 1. The zero-order chi connectivity index (χ0) is 21.6. The highest BCUT2D eigenvalue weighted by Crippen LogP contribution is 2.17. The second-order valence-electron chi connectivity index (χ2n) is 7.96. The van der Waals surface area contributed by atoms with Gasteiger partial charge in [0.15, 0.2) is 0 Å². The fourth-order valence-electron chi connectivity index (χ4n) is 3.78. The molecule has 0 unspecified atom stereocenters. The van der Waals surface area contributed by atoms with E-state index in [9.17, 15) is 9.59 Å². The molecule has 2 aromatic carbocycles.